The predicted octanol–water partition coefficient (Wildman–Crippen LogP) is 4.12. The summed E-state index contributed by atoms with van der Waals surface area (Å²) in [5.41, 5.74) is 0.290. The molecule has 4 atom stereocenters. The summed E-state index contributed by atoms with van der Waals surface area (Å²) in [7, 11) is 0. The van der Waals surface area contributed by atoms with Gasteiger partial charge in [0.25, 0.3) is 0 Å². The van der Waals surface area contributed by atoms with Gasteiger partial charge in [-0.1, -0.05) is 11.6 Å². The number of fused-ring (bicyclic) bond motifs is 2. The van der Waals surface area contributed by atoms with Gasteiger partial charge in [0.15, 0.2) is 0 Å². The topological polar surface area (TPSA) is 87.2 Å². The van der Waals surface area contributed by atoms with Crippen LogP contribution < -0.4 is 5.32 Å². The summed E-state index contributed by atoms with van der Waals surface area (Å²) in [5, 5.41) is 22.9. The van der Waals surface area contributed by atoms with E-state index in [4.69, 9.17) is 16.3 Å². The number of ether oxygens (including phenoxy) is 1. The molecule has 1 amide bonds. The Balaban J connectivity index is 1.46. The maximum atomic E-state index is 12.0. The number of benzene rings is 1. The van der Waals surface area contributed by atoms with E-state index in [1.807, 2.05) is 32.9 Å². The van der Waals surface area contributed by atoms with Gasteiger partial charge in [0.2, 0.25) is 0 Å². The van der Waals surface area contributed by atoms with Crippen molar-refractivity contribution in [2.45, 2.75) is 63.7 Å². The number of aliphatic hydroxyl groups is 1. The molecule has 2 aliphatic carbocycles. The first-order valence-corrected chi connectivity index (χ1v) is 9.86. The van der Waals surface area contributed by atoms with Crippen molar-refractivity contribution in [1.29, 1.82) is 0 Å². The van der Waals surface area contributed by atoms with E-state index in [0.717, 1.165) is 29.3 Å². The van der Waals surface area contributed by atoms with Crippen molar-refractivity contribution >= 4 is 28.6 Å². The summed E-state index contributed by atoms with van der Waals surface area (Å²) >= 11 is 6.25. The SMILES string of the molecule is CC(C)(C)OC(=O)NC1C[C@@H]2CC(O)(c3cc(Cl)cc4[nH]ncc34)C[C@@H]2C1. The Labute approximate surface area is 163 Å². The highest BCUT2D eigenvalue weighted by Gasteiger charge is 2.50. The molecule has 0 saturated heterocycles. The maximum absolute atomic E-state index is 12.0. The van der Waals surface area contributed by atoms with Crippen LogP contribution in [0.2, 0.25) is 5.02 Å². The van der Waals surface area contributed by atoms with Gasteiger partial charge in [-0.25, -0.2) is 4.79 Å². The minimum atomic E-state index is -0.904. The Kier molecular flexibility index (Phi) is 4.39. The average molecular weight is 392 g/mol. The van der Waals surface area contributed by atoms with Crippen LogP contribution >= 0.6 is 11.6 Å². The van der Waals surface area contributed by atoms with Gasteiger partial charge in [-0.15, -0.1) is 0 Å². The van der Waals surface area contributed by atoms with E-state index in [-0.39, 0.29) is 12.1 Å². The highest BCUT2D eigenvalue weighted by Crippen LogP contribution is 2.54. The molecule has 2 aliphatic rings. The number of rotatable bonds is 2. The summed E-state index contributed by atoms with van der Waals surface area (Å²) in [6.45, 7) is 5.58. The quantitative estimate of drug-likeness (QED) is 0.718. The maximum Gasteiger partial charge on any atom is 0.407 e. The zero-order valence-electron chi connectivity index (χ0n) is 15.9. The second kappa shape index (κ2) is 6.38. The van der Waals surface area contributed by atoms with Gasteiger partial charge in [-0.05, 0) is 76.0 Å². The normalized spacial score (nSPS) is 30.5. The molecular weight excluding hydrogens is 366 g/mol. The van der Waals surface area contributed by atoms with Crippen molar-refractivity contribution in [3.05, 3.63) is 28.9 Å². The monoisotopic (exact) mass is 391 g/mol. The number of aromatic nitrogens is 2. The van der Waals surface area contributed by atoms with Gasteiger partial charge in [0, 0.05) is 16.5 Å². The number of carbonyl (C=O) groups is 1. The highest BCUT2D eigenvalue weighted by molar-refractivity contribution is 6.31. The Bertz CT molecular complexity index is 859. The van der Waals surface area contributed by atoms with Crippen LogP contribution in [0, 0.1) is 11.8 Å². The van der Waals surface area contributed by atoms with Crippen LogP contribution in [0.5, 0.6) is 0 Å². The largest absolute Gasteiger partial charge is 0.444 e. The molecule has 2 fully saturated rings. The summed E-state index contributed by atoms with van der Waals surface area (Å²) < 4.78 is 5.36. The third-order valence-corrected chi connectivity index (χ3v) is 6.00. The number of nitrogens with one attached hydrogen (secondary N) is 2. The fourth-order valence-electron chi connectivity index (χ4n) is 4.88. The summed E-state index contributed by atoms with van der Waals surface area (Å²) in [4.78, 5) is 12.0. The standard InChI is InChI=1S/C20H26ClN3O3/c1-19(2,3)27-18(25)23-14-4-11-8-20(26,9-12(11)5-14)16-6-13(21)7-17-15(16)10-22-24-17/h6-7,10-12,14,26H,4-5,8-9H2,1-3H3,(H,22,24)(H,23,25)/t11-,12+,14?,20?. The number of alkyl carbamates (subject to hydrolysis) is 1. The van der Waals surface area contributed by atoms with E-state index in [2.05, 4.69) is 15.5 Å². The summed E-state index contributed by atoms with van der Waals surface area (Å²) in [6.07, 6.45) is 4.45. The Hall–Kier alpha value is -1.79. The molecule has 0 bridgehead atoms. The van der Waals surface area contributed by atoms with Crippen molar-refractivity contribution in [3.63, 3.8) is 0 Å². The van der Waals surface area contributed by atoms with Crippen molar-refractivity contribution < 1.29 is 14.6 Å². The highest BCUT2D eigenvalue weighted by atomic mass is 35.5. The Morgan fingerprint density at radius 3 is 2.63 bits per heavy atom. The van der Waals surface area contributed by atoms with Gasteiger partial charge in [0.05, 0.1) is 17.3 Å². The molecule has 27 heavy (non-hydrogen) atoms. The molecule has 0 aliphatic heterocycles. The number of aromatic amines is 1. The van der Waals surface area contributed by atoms with E-state index in [9.17, 15) is 9.90 Å². The first kappa shape index (κ1) is 18.6. The lowest BCUT2D eigenvalue weighted by molar-refractivity contribution is 0.0344. The molecule has 146 valence electrons. The lowest BCUT2D eigenvalue weighted by Crippen LogP contribution is -2.38. The van der Waals surface area contributed by atoms with E-state index < -0.39 is 11.2 Å². The lowest BCUT2D eigenvalue weighted by Gasteiger charge is -2.27. The lowest BCUT2D eigenvalue weighted by atomic mass is 9.87. The first-order chi connectivity index (χ1) is 12.6. The second-order valence-electron chi connectivity index (χ2n) is 9.06. The molecule has 2 aromatic rings. The number of hydrogen-bond donors (Lipinski definition) is 3. The van der Waals surface area contributed by atoms with Gasteiger partial charge in [-0.2, -0.15) is 5.10 Å². The van der Waals surface area contributed by atoms with Gasteiger partial charge in [0.1, 0.15) is 5.60 Å². The minimum absolute atomic E-state index is 0.104. The third kappa shape index (κ3) is 3.65. The predicted molar refractivity (Wildman–Crippen MR) is 104 cm³/mol. The van der Waals surface area contributed by atoms with Crippen molar-refractivity contribution in [2.75, 3.05) is 0 Å². The van der Waals surface area contributed by atoms with Crippen LogP contribution in [-0.2, 0) is 10.3 Å². The molecule has 0 spiro atoms. The van der Waals surface area contributed by atoms with Crippen LogP contribution in [0.3, 0.4) is 0 Å². The van der Waals surface area contributed by atoms with Crippen molar-refractivity contribution in [3.8, 4) is 0 Å². The molecule has 6 nitrogen and oxygen atoms in total. The molecule has 1 aromatic carbocycles. The molecule has 1 heterocycles. The molecule has 7 heteroatoms. The van der Waals surface area contributed by atoms with E-state index in [0.29, 0.717) is 29.7 Å². The Morgan fingerprint density at radius 1 is 1.33 bits per heavy atom. The van der Waals surface area contributed by atoms with Crippen LogP contribution in [0.1, 0.15) is 52.0 Å². The fourth-order valence-corrected chi connectivity index (χ4v) is 5.09. The molecule has 3 N–H and O–H groups in total. The average Bonchev–Trinajstić information content (AvgIpc) is 3.17. The van der Waals surface area contributed by atoms with Crippen LogP contribution in [-0.4, -0.2) is 33.0 Å². The molecule has 2 saturated carbocycles. The summed E-state index contributed by atoms with van der Waals surface area (Å²) in [5.74, 6) is 0.742. The van der Waals surface area contributed by atoms with Gasteiger partial charge < -0.3 is 15.2 Å². The zero-order chi connectivity index (χ0) is 19.4. The number of amides is 1. The molecule has 1 aromatic heterocycles. The number of halogens is 1. The minimum Gasteiger partial charge on any atom is -0.444 e. The van der Waals surface area contributed by atoms with Crippen LogP contribution in [0.4, 0.5) is 4.79 Å². The number of carbonyl (C=O) groups excluding carboxylic acids is 1. The van der Waals surface area contributed by atoms with E-state index >= 15 is 0 Å². The molecule has 4 rings (SSSR count). The number of hydrogen-bond acceptors (Lipinski definition) is 4. The smallest absolute Gasteiger partial charge is 0.407 e. The molecule has 0 radical (unpaired) electrons. The van der Waals surface area contributed by atoms with Gasteiger partial charge >= 0.3 is 6.09 Å². The van der Waals surface area contributed by atoms with E-state index in [1.165, 1.54) is 0 Å². The van der Waals surface area contributed by atoms with Crippen molar-refractivity contribution in [2.24, 2.45) is 11.8 Å². The van der Waals surface area contributed by atoms with Gasteiger partial charge in [-0.3, -0.25) is 5.10 Å². The molecular formula is C20H26ClN3O3. The number of H-pyrrole nitrogens is 1. The second-order valence-corrected chi connectivity index (χ2v) is 9.50. The first-order valence-electron chi connectivity index (χ1n) is 9.48. The van der Waals surface area contributed by atoms with Crippen LogP contribution in [0.15, 0.2) is 18.3 Å². The van der Waals surface area contributed by atoms with Crippen LogP contribution in [0.25, 0.3) is 10.9 Å². The number of nitrogens with zero attached hydrogens (tertiary/aromatic N) is 1. The van der Waals surface area contributed by atoms with E-state index in [1.54, 1.807) is 6.20 Å². The fraction of sp³-hybridized carbons (Fsp3) is 0.600. The third-order valence-electron chi connectivity index (χ3n) is 5.79. The molecule has 2 unspecified atom stereocenters. The van der Waals surface area contributed by atoms with Crippen molar-refractivity contribution in [1.82, 2.24) is 15.5 Å². The summed E-state index contributed by atoms with van der Waals surface area (Å²) in [6, 6.07) is 3.79. The zero-order valence-corrected chi connectivity index (χ0v) is 16.6. The Morgan fingerprint density at radius 2 is 2.00 bits per heavy atom.